The summed E-state index contributed by atoms with van der Waals surface area (Å²) >= 11 is 0. The molecule has 0 heterocycles. The van der Waals surface area contributed by atoms with Crippen LogP contribution in [0.4, 0.5) is 5.69 Å². The van der Waals surface area contributed by atoms with E-state index < -0.39 is 40.6 Å². The summed E-state index contributed by atoms with van der Waals surface area (Å²) in [6, 6.07) is 5.38. The minimum absolute atomic E-state index is 0.0178. The van der Waals surface area contributed by atoms with Crippen LogP contribution in [0.25, 0.3) is 0 Å². The van der Waals surface area contributed by atoms with Gasteiger partial charge in [-0.15, -0.1) is 0 Å². The van der Waals surface area contributed by atoms with Crippen LogP contribution in [0.5, 0.6) is 5.75 Å². The van der Waals surface area contributed by atoms with Gasteiger partial charge in [-0.1, -0.05) is 6.07 Å². The van der Waals surface area contributed by atoms with Crippen molar-refractivity contribution in [1.82, 2.24) is 5.32 Å². The first kappa shape index (κ1) is 23.4. The third kappa shape index (κ3) is 6.46. The van der Waals surface area contributed by atoms with Crippen molar-refractivity contribution in [1.29, 1.82) is 5.26 Å². The number of nitro groups is 1. The fourth-order valence-electron chi connectivity index (χ4n) is 2.42. The average Bonchev–Trinajstić information content (AvgIpc) is 2.65. The minimum Gasteiger partial charge on any atom is -0.475 e. The molecule has 156 valence electrons. The number of nitrogens with one attached hydrogen (secondary N) is 1. The summed E-state index contributed by atoms with van der Waals surface area (Å²) < 4.78 is 14.8. The Morgan fingerprint density at radius 3 is 2.41 bits per heavy atom. The average molecular weight is 407 g/mol. The molecule has 0 fully saturated rings. The molecule has 0 aliphatic rings. The van der Waals surface area contributed by atoms with E-state index in [1.807, 2.05) is 0 Å². The maximum atomic E-state index is 12.3. The van der Waals surface area contributed by atoms with Gasteiger partial charge in [0.25, 0.3) is 0 Å². The molecule has 0 aliphatic carbocycles. The fourth-order valence-corrected chi connectivity index (χ4v) is 2.42. The molecular weight excluding hydrogens is 386 g/mol. The quantitative estimate of drug-likeness (QED) is 0.340. The molecule has 1 aromatic rings. The molecule has 0 aromatic heterocycles. The van der Waals surface area contributed by atoms with Gasteiger partial charge in [-0.05, 0) is 25.5 Å². The lowest BCUT2D eigenvalue weighted by molar-refractivity contribution is -0.385. The minimum atomic E-state index is -2.03. The number of esters is 2. The van der Waals surface area contributed by atoms with Crippen LogP contribution in [-0.4, -0.2) is 48.1 Å². The number of carbonyl (C=O) groups is 3. The number of ether oxygens (including phenoxy) is 3. The molecule has 1 atom stereocenters. The summed E-state index contributed by atoms with van der Waals surface area (Å²) in [7, 11) is 0. The number of nitrogens with zero attached hydrogens (tertiary/aromatic N) is 2. The zero-order valence-corrected chi connectivity index (χ0v) is 16.2. The van der Waals surface area contributed by atoms with Crippen LogP contribution >= 0.6 is 0 Å². The Kier molecular flexibility index (Phi) is 8.54. The summed E-state index contributed by atoms with van der Waals surface area (Å²) in [5.74, 6) is -2.58. The Labute approximate surface area is 166 Å². The van der Waals surface area contributed by atoms with Crippen LogP contribution in [0.15, 0.2) is 18.2 Å². The van der Waals surface area contributed by atoms with Gasteiger partial charge in [0.1, 0.15) is 6.07 Å². The highest BCUT2D eigenvalue weighted by molar-refractivity contribution is 5.90. The van der Waals surface area contributed by atoms with Gasteiger partial charge in [-0.2, -0.15) is 5.26 Å². The summed E-state index contributed by atoms with van der Waals surface area (Å²) in [4.78, 5) is 45.8. The Balaban J connectivity index is 3.26. The molecule has 11 heteroatoms. The number of hydrogen-bond donors (Lipinski definition) is 1. The summed E-state index contributed by atoms with van der Waals surface area (Å²) in [6.07, 6.45) is -0.338. The molecule has 1 amide bonds. The Morgan fingerprint density at radius 1 is 1.24 bits per heavy atom. The first-order valence-electron chi connectivity index (χ1n) is 8.62. The van der Waals surface area contributed by atoms with Crippen LogP contribution in [0.1, 0.15) is 26.3 Å². The Hall–Kier alpha value is -3.68. The Morgan fingerprint density at radius 2 is 1.90 bits per heavy atom. The highest BCUT2D eigenvalue weighted by Crippen LogP contribution is 2.30. The summed E-state index contributed by atoms with van der Waals surface area (Å²) in [6.45, 7) is 3.81. The summed E-state index contributed by atoms with van der Waals surface area (Å²) in [5, 5.41) is 23.1. The summed E-state index contributed by atoms with van der Waals surface area (Å²) in [5.41, 5.74) is -2.19. The number of rotatable bonds is 10. The second kappa shape index (κ2) is 10.6. The van der Waals surface area contributed by atoms with Crippen molar-refractivity contribution < 1.29 is 33.5 Å². The fraction of sp³-hybridized carbons (Fsp3) is 0.444. The number of nitriles is 1. The van der Waals surface area contributed by atoms with Crippen LogP contribution in [0.3, 0.4) is 0 Å². The van der Waals surface area contributed by atoms with Gasteiger partial charge < -0.3 is 19.5 Å². The monoisotopic (exact) mass is 407 g/mol. The van der Waals surface area contributed by atoms with E-state index in [9.17, 15) is 29.8 Å². The maximum Gasteiger partial charge on any atom is 0.347 e. The topological polar surface area (TPSA) is 158 Å². The van der Waals surface area contributed by atoms with Crippen LogP contribution in [-0.2, 0) is 30.3 Å². The van der Waals surface area contributed by atoms with E-state index in [-0.39, 0.29) is 30.9 Å². The maximum absolute atomic E-state index is 12.3. The molecular formula is C18H21N3O8. The van der Waals surface area contributed by atoms with Crippen molar-refractivity contribution in [3.63, 3.8) is 0 Å². The Bertz CT molecular complexity index is 833. The van der Waals surface area contributed by atoms with Gasteiger partial charge in [-0.25, -0.2) is 9.59 Å². The highest BCUT2D eigenvalue weighted by Gasteiger charge is 2.42. The van der Waals surface area contributed by atoms with E-state index in [0.717, 1.165) is 13.0 Å². The first-order valence-corrected chi connectivity index (χ1v) is 8.62. The van der Waals surface area contributed by atoms with Crippen molar-refractivity contribution in [2.45, 2.75) is 32.7 Å². The molecule has 0 spiro atoms. The number of carbonyl (C=O) groups excluding carboxylic acids is 3. The zero-order valence-electron chi connectivity index (χ0n) is 16.2. The third-order valence-electron chi connectivity index (χ3n) is 3.55. The van der Waals surface area contributed by atoms with Gasteiger partial charge >= 0.3 is 17.6 Å². The van der Waals surface area contributed by atoms with E-state index in [1.54, 1.807) is 19.9 Å². The highest BCUT2D eigenvalue weighted by atomic mass is 16.6. The van der Waals surface area contributed by atoms with Crippen molar-refractivity contribution in [2.75, 3.05) is 19.8 Å². The van der Waals surface area contributed by atoms with Crippen LogP contribution < -0.4 is 10.1 Å². The molecule has 0 unspecified atom stereocenters. The lowest BCUT2D eigenvalue weighted by atomic mass is 9.91. The molecule has 0 bridgehead atoms. The molecule has 1 rings (SSSR count). The predicted octanol–water partition coefficient (Wildman–Crippen LogP) is 1.04. The SMILES string of the molecule is CCOC(=O)COc1cc(C[C@@](C#N)(NC(C)=O)C(=O)OCC)ccc1[N+](=O)[O-]. The zero-order chi connectivity index (χ0) is 22.0. The van der Waals surface area contributed by atoms with E-state index in [0.29, 0.717) is 0 Å². The largest absolute Gasteiger partial charge is 0.475 e. The molecule has 1 aromatic carbocycles. The molecule has 11 nitrogen and oxygen atoms in total. The standard InChI is InChI=1S/C18H21N3O8/c1-4-27-16(23)10-29-15-8-13(6-7-14(15)21(25)26)9-18(11-19,20-12(3)22)17(24)28-5-2/h6-8H,4-5,9-10H2,1-3H3,(H,20,22)/t18-/m0/s1. The number of hydrogen-bond acceptors (Lipinski definition) is 9. The van der Waals surface area contributed by atoms with Gasteiger partial charge in [0.15, 0.2) is 12.4 Å². The number of benzene rings is 1. The van der Waals surface area contributed by atoms with Gasteiger partial charge in [0.05, 0.1) is 18.1 Å². The van der Waals surface area contributed by atoms with E-state index in [4.69, 9.17) is 14.2 Å². The van der Waals surface area contributed by atoms with Crippen molar-refractivity contribution in [3.8, 4) is 11.8 Å². The molecule has 29 heavy (non-hydrogen) atoms. The normalized spacial score (nSPS) is 12.1. The molecule has 0 saturated heterocycles. The molecule has 0 radical (unpaired) electrons. The lowest BCUT2D eigenvalue weighted by Crippen LogP contribution is -2.55. The van der Waals surface area contributed by atoms with E-state index >= 15 is 0 Å². The van der Waals surface area contributed by atoms with E-state index in [1.165, 1.54) is 12.1 Å². The number of nitro benzene ring substituents is 1. The smallest absolute Gasteiger partial charge is 0.347 e. The van der Waals surface area contributed by atoms with Crippen LogP contribution in [0, 0.1) is 21.4 Å². The first-order chi connectivity index (χ1) is 13.7. The van der Waals surface area contributed by atoms with E-state index in [2.05, 4.69) is 5.32 Å². The van der Waals surface area contributed by atoms with Gasteiger partial charge in [0.2, 0.25) is 11.4 Å². The number of amides is 1. The van der Waals surface area contributed by atoms with Crippen molar-refractivity contribution in [3.05, 3.63) is 33.9 Å². The molecule has 0 saturated carbocycles. The third-order valence-corrected chi connectivity index (χ3v) is 3.55. The van der Waals surface area contributed by atoms with Gasteiger partial charge in [-0.3, -0.25) is 14.9 Å². The molecule has 1 N–H and O–H groups in total. The second-order valence-corrected chi connectivity index (χ2v) is 5.75. The predicted molar refractivity (Wildman–Crippen MR) is 97.7 cm³/mol. The van der Waals surface area contributed by atoms with Crippen LogP contribution in [0.2, 0.25) is 0 Å². The van der Waals surface area contributed by atoms with Gasteiger partial charge in [0, 0.05) is 19.4 Å². The lowest BCUT2D eigenvalue weighted by Gasteiger charge is -2.25. The molecule has 0 aliphatic heterocycles. The second-order valence-electron chi connectivity index (χ2n) is 5.75. The van der Waals surface area contributed by atoms with Crippen molar-refractivity contribution >= 4 is 23.5 Å². The van der Waals surface area contributed by atoms with Crippen molar-refractivity contribution in [2.24, 2.45) is 0 Å².